The molecule has 5 nitrogen and oxygen atoms in total. The summed E-state index contributed by atoms with van der Waals surface area (Å²) in [5.41, 5.74) is 3.25. The highest BCUT2D eigenvalue weighted by Gasteiger charge is 2.24. The molecule has 0 unspecified atom stereocenters. The predicted molar refractivity (Wildman–Crippen MR) is 89.5 cm³/mol. The van der Waals surface area contributed by atoms with Crippen molar-refractivity contribution in [3.63, 3.8) is 0 Å². The summed E-state index contributed by atoms with van der Waals surface area (Å²) in [7, 11) is -3.50. The van der Waals surface area contributed by atoms with E-state index in [4.69, 9.17) is 0 Å². The maximum atomic E-state index is 12.7. The molecule has 1 fully saturated rings. The summed E-state index contributed by atoms with van der Waals surface area (Å²) in [5, 5.41) is 7.88. The Morgan fingerprint density at radius 3 is 2.52 bits per heavy atom. The molecule has 0 atom stereocenters. The molecule has 6 heteroatoms. The molecule has 0 radical (unpaired) electrons. The minimum absolute atomic E-state index is 0.0629. The van der Waals surface area contributed by atoms with Gasteiger partial charge in [0.1, 0.15) is 0 Å². The van der Waals surface area contributed by atoms with Crippen LogP contribution in [0.25, 0.3) is 11.1 Å². The van der Waals surface area contributed by atoms with E-state index in [9.17, 15) is 8.42 Å². The van der Waals surface area contributed by atoms with Gasteiger partial charge in [-0.1, -0.05) is 25.0 Å². The Labute approximate surface area is 137 Å². The summed E-state index contributed by atoms with van der Waals surface area (Å²) in [6.07, 6.45) is 5.68. The summed E-state index contributed by atoms with van der Waals surface area (Å²) in [5.74, 6) is 0. The number of hydrogen-bond acceptors (Lipinski definition) is 4. The predicted octanol–water partition coefficient (Wildman–Crippen LogP) is 2.98. The van der Waals surface area contributed by atoms with E-state index >= 15 is 0 Å². The van der Waals surface area contributed by atoms with E-state index in [-0.39, 0.29) is 6.04 Å². The molecule has 1 N–H and O–H groups in total. The lowest BCUT2D eigenvalue weighted by molar-refractivity contribution is 0.551. The number of aryl methyl sites for hydroxylation is 2. The minimum Gasteiger partial charge on any atom is -0.208 e. The van der Waals surface area contributed by atoms with Gasteiger partial charge in [-0.25, -0.2) is 13.1 Å². The van der Waals surface area contributed by atoms with Gasteiger partial charge in [0.15, 0.2) is 0 Å². The molecule has 1 aromatic heterocycles. The smallest absolute Gasteiger partial charge is 0.208 e. The lowest BCUT2D eigenvalue weighted by Crippen LogP contribution is -2.33. The summed E-state index contributed by atoms with van der Waals surface area (Å²) in [6.45, 7) is 3.69. The first-order chi connectivity index (χ1) is 11.0. The molecule has 0 spiro atoms. The first-order valence-electron chi connectivity index (χ1n) is 7.88. The van der Waals surface area contributed by atoms with Crippen LogP contribution in [-0.4, -0.2) is 24.7 Å². The van der Waals surface area contributed by atoms with Gasteiger partial charge in [0, 0.05) is 11.6 Å². The standard InChI is InChI=1S/C17H21N3O2S/c1-12-7-8-14(15-9-13(2)19-18-11-15)10-17(12)23(21,22)20-16-5-3-4-6-16/h7-11,16,20H,3-6H2,1-2H3. The Balaban J connectivity index is 1.97. The van der Waals surface area contributed by atoms with Gasteiger partial charge in [-0.15, -0.1) is 0 Å². The average molecular weight is 331 g/mol. The lowest BCUT2D eigenvalue weighted by Gasteiger charge is -2.15. The second-order valence-electron chi connectivity index (χ2n) is 6.17. The van der Waals surface area contributed by atoms with Gasteiger partial charge in [0.25, 0.3) is 0 Å². The second-order valence-corrected chi connectivity index (χ2v) is 7.85. The van der Waals surface area contributed by atoms with Crippen molar-refractivity contribution in [2.75, 3.05) is 0 Å². The summed E-state index contributed by atoms with van der Waals surface area (Å²) in [6, 6.07) is 7.45. The molecule has 0 bridgehead atoms. The fraction of sp³-hybridized carbons (Fsp3) is 0.412. The van der Waals surface area contributed by atoms with Crippen molar-refractivity contribution in [1.29, 1.82) is 0 Å². The molecule has 1 saturated carbocycles. The number of nitrogens with one attached hydrogen (secondary N) is 1. The third-order valence-electron chi connectivity index (χ3n) is 4.26. The molecular weight excluding hydrogens is 310 g/mol. The van der Waals surface area contributed by atoms with Crippen LogP contribution in [0.15, 0.2) is 35.4 Å². The van der Waals surface area contributed by atoms with Crippen LogP contribution in [0, 0.1) is 13.8 Å². The highest BCUT2D eigenvalue weighted by Crippen LogP contribution is 2.26. The van der Waals surface area contributed by atoms with Crippen molar-refractivity contribution in [3.05, 3.63) is 41.7 Å². The van der Waals surface area contributed by atoms with E-state index in [0.717, 1.165) is 48.1 Å². The zero-order valence-corrected chi connectivity index (χ0v) is 14.2. The monoisotopic (exact) mass is 331 g/mol. The van der Waals surface area contributed by atoms with Crippen LogP contribution >= 0.6 is 0 Å². The largest absolute Gasteiger partial charge is 0.241 e. The molecule has 1 aliphatic rings. The molecule has 1 aliphatic carbocycles. The summed E-state index contributed by atoms with van der Waals surface area (Å²) in [4.78, 5) is 0.344. The Morgan fingerprint density at radius 1 is 1.09 bits per heavy atom. The van der Waals surface area contributed by atoms with E-state index < -0.39 is 10.0 Å². The Bertz CT molecular complexity index is 812. The first kappa shape index (κ1) is 16.1. The maximum Gasteiger partial charge on any atom is 0.241 e. The van der Waals surface area contributed by atoms with Crippen LogP contribution in [-0.2, 0) is 10.0 Å². The summed E-state index contributed by atoms with van der Waals surface area (Å²) < 4.78 is 28.3. The third kappa shape index (κ3) is 3.59. The van der Waals surface area contributed by atoms with E-state index in [1.54, 1.807) is 12.3 Å². The maximum absolute atomic E-state index is 12.7. The van der Waals surface area contributed by atoms with Crippen molar-refractivity contribution in [3.8, 4) is 11.1 Å². The average Bonchev–Trinajstić information content (AvgIpc) is 2.99. The topological polar surface area (TPSA) is 72.0 Å². The highest BCUT2D eigenvalue weighted by molar-refractivity contribution is 7.89. The normalized spacial score (nSPS) is 15.9. The SMILES string of the molecule is Cc1cc(-c2ccc(C)c(S(=O)(=O)NC3CCCC3)c2)cnn1. The van der Waals surface area contributed by atoms with Crippen LogP contribution in [0.5, 0.6) is 0 Å². The van der Waals surface area contributed by atoms with Crippen molar-refractivity contribution in [2.24, 2.45) is 0 Å². The Morgan fingerprint density at radius 2 is 1.83 bits per heavy atom. The molecule has 1 heterocycles. The van der Waals surface area contributed by atoms with Crippen LogP contribution in [0.3, 0.4) is 0 Å². The highest BCUT2D eigenvalue weighted by atomic mass is 32.2. The van der Waals surface area contributed by atoms with E-state index in [1.807, 2.05) is 32.0 Å². The van der Waals surface area contributed by atoms with Gasteiger partial charge >= 0.3 is 0 Å². The Hall–Kier alpha value is -1.79. The lowest BCUT2D eigenvalue weighted by atomic mass is 10.1. The minimum atomic E-state index is -3.50. The molecular formula is C17H21N3O2S. The molecule has 0 aliphatic heterocycles. The molecule has 122 valence electrons. The number of nitrogens with zero attached hydrogens (tertiary/aromatic N) is 2. The van der Waals surface area contributed by atoms with E-state index in [1.165, 1.54) is 0 Å². The van der Waals surface area contributed by atoms with E-state index in [0.29, 0.717) is 4.90 Å². The number of hydrogen-bond donors (Lipinski definition) is 1. The fourth-order valence-corrected chi connectivity index (χ4v) is 4.60. The van der Waals surface area contributed by atoms with Crippen LogP contribution < -0.4 is 4.72 Å². The van der Waals surface area contributed by atoms with Crippen molar-refractivity contribution in [2.45, 2.75) is 50.5 Å². The van der Waals surface area contributed by atoms with Gasteiger partial charge in [-0.05, 0) is 49.9 Å². The molecule has 23 heavy (non-hydrogen) atoms. The van der Waals surface area contributed by atoms with E-state index in [2.05, 4.69) is 14.9 Å². The van der Waals surface area contributed by atoms with Crippen molar-refractivity contribution < 1.29 is 8.42 Å². The van der Waals surface area contributed by atoms with Gasteiger partial charge in [0.2, 0.25) is 10.0 Å². The molecule has 0 amide bonds. The number of benzene rings is 1. The first-order valence-corrected chi connectivity index (χ1v) is 9.37. The zero-order valence-electron chi connectivity index (χ0n) is 13.4. The van der Waals surface area contributed by atoms with Gasteiger partial charge in [0.05, 0.1) is 16.8 Å². The quantitative estimate of drug-likeness (QED) is 0.935. The molecule has 2 aromatic rings. The third-order valence-corrected chi connectivity index (χ3v) is 5.93. The Kier molecular flexibility index (Phi) is 4.46. The number of rotatable bonds is 4. The molecule has 3 rings (SSSR count). The van der Waals surface area contributed by atoms with Crippen LogP contribution in [0.2, 0.25) is 0 Å². The second kappa shape index (κ2) is 6.37. The fourth-order valence-electron chi connectivity index (χ4n) is 3.03. The zero-order chi connectivity index (χ0) is 16.4. The molecule has 0 saturated heterocycles. The van der Waals surface area contributed by atoms with Crippen molar-refractivity contribution >= 4 is 10.0 Å². The number of aromatic nitrogens is 2. The number of sulfonamides is 1. The van der Waals surface area contributed by atoms with Gasteiger partial charge in [-0.3, -0.25) is 0 Å². The summed E-state index contributed by atoms with van der Waals surface area (Å²) >= 11 is 0. The van der Waals surface area contributed by atoms with Crippen LogP contribution in [0.4, 0.5) is 0 Å². The van der Waals surface area contributed by atoms with Crippen molar-refractivity contribution in [1.82, 2.24) is 14.9 Å². The van der Waals surface area contributed by atoms with Crippen LogP contribution in [0.1, 0.15) is 36.9 Å². The molecule has 1 aromatic carbocycles. The van der Waals surface area contributed by atoms with Gasteiger partial charge < -0.3 is 0 Å². The van der Waals surface area contributed by atoms with Gasteiger partial charge in [-0.2, -0.15) is 10.2 Å².